The number of hydrogen-bond acceptors (Lipinski definition) is 4. The van der Waals surface area contributed by atoms with E-state index >= 15 is 0 Å². The van der Waals surface area contributed by atoms with Crippen LogP contribution in [0.2, 0.25) is 0 Å². The number of rotatable bonds is 10. The second-order valence-corrected chi connectivity index (χ2v) is 7.19. The van der Waals surface area contributed by atoms with Gasteiger partial charge in [0.15, 0.2) is 0 Å². The van der Waals surface area contributed by atoms with Crippen molar-refractivity contribution in [1.29, 1.82) is 0 Å². The first kappa shape index (κ1) is 20.2. The Morgan fingerprint density at radius 2 is 1.65 bits per heavy atom. The Labute approximate surface area is 160 Å². The molecule has 0 saturated heterocycles. The first-order valence-corrected chi connectivity index (χ1v) is 10.0. The Balaban J connectivity index is 1.64. The highest BCUT2D eigenvalue weighted by Gasteiger charge is 2.05. The lowest BCUT2D eigenvalue weighted by Gasteiger charge is -2.10. The molecule has 0 aliphatic carbocycles. The smallest absolute Gasteiger partial charge is 0.234 e. The van der Waals surface area contributed by atoms with E-state index < -0.39 is 0 Å². The summed E-state index contributed by atoms with van der Waals surface area (Å²) < 4.78 is 11.2. The Bertz CT molecular complexity index is 701. The first-order valence-electron chi connectivity index (χ1n) is 8.89. The number of thioether (sulfide) groups is 1. The van der Waals surface area contributed by atoms with Crippen molar-refractivity contribution in [2.24, 2.45) is 0 Å². The molecule has 0 aliphatic heterocycles. The van der Waals surface area contributed by atoms with E-state index in [9.17, 15) is 4.79 Å². The van der Waals surface area contributed by atoms with E-state index in [0.717, 1.165) is 47.1 Å². The number of benzene rings is 2. The minimum Gasteiger partial charge on any atom is -0.494 e. The molecule has 0 radical (unpaired) electrons. The summed E-state index contributed by atoms with van der Waals surface area (Å²) in [6, 6.07) is 13.7. The number of hydrogen-bond donors (Lipinski definition) is 1. The zero-order valence-corrected chi connectivity index (χ0v) is 16.5. The van der Waals surface area contributed by atoms with E-state index in [-0.39, 0.29) is 5.91 Å². The molecule has 0 aliphatic rings. The van der Waals surface area contributed by atoms with Gasteiger partial charge >= 0.3 is 0 Å². The number of carbonyl (C=O) groups is 1. The summed E-state index contributed by atoms with van der Waals surface area (Å²) >= 11 is 1.56. The summed E-state index contributed by atoms with van der Waals surface area (Å²) in [5, 5.41) is 2.97. The Morgan fingerprint density at radius 1 is 1.00 bits per heavy atom. The maximum absolute atomic E-state index is 12.0. The van der Waals surface area contributed by atoms with E-state index in [0.29, 0.717) is 12.4 Å². The van der Waals surface area contributed by atoms with Gasteiger partial charge in [-0.25, -0.2) is 0 Å². The highest BCUT2D eigenvalue weighted by Crippen LogP contribution is 2.19. The van der Waals surface area contributed by atoms with Crippen molar-refractivity contribution in [3.05, 3.63) is 53.6 Å². The Morgan fingerprint density at radius 3 is 2.31 bits per heavy atom. The molecule has 140 valence electrons. The van der Waals surface area contributed by atoms with Gasteiger partial charge in [-0.1, -0.05) is 19.1 Å². The van der Waals surface area contributed by atoms with E-state index in [2.05, 4.69) is 12.2 Å². The maximum Gasteiger partial charge on any atom is 0.234 e. The third-order valence-corrected chi connectivity index (χ3v) is 4.61. The lowest BCUT2D eigenvalue weighted by Crippen LogP contribution is -2.16. The zero-order valence-electron chi connectivity index (χ0n) is 15.7. The summed E-state index contributed by atoms with van der Waals surface area (Å²) in [5.41, 5.74) is 3.10. The largest absolute Gasteiger partial charge is 0.494 e. The van der Waals surface area contributed by atoms with Crippen LogP contribution in [0.25, 0.3) is 0 Å². The van der Waals surface area contributed by atoms with Gasteiger partial charge in [-0.2, -0.15) is 0 Å². The standard InChI is InChI=1S/C21H27NO3S/c1-4-11-24-18-7-9-19(10-8-18)25-12-13-26-15-21(23)22-20-14-16(2)5-6-17(20)3/h5-10,14H,4,11-13,15H2,1-3H3,(H,22,23). The lowest BCUT2D eigenvalue weighted by molar-refractivity contribution is -0.113. The van der Waals surface area contributed by atoms with Gasteiger partial charge in [0, 0.05) is 11.4 Å². The van der Waals surface area contributed by atoms with Gasteiger partial charge in [0.25, 0.3) is 0 Å². The molecule has 0 aromatic heterocycles. The van der Waals surface area contributed by atoms with Crippen molar-refractivity contribution in [2.45, 2.75) is 27.2 Å². The fraction of sp³-hybridized carbons (Fsp3) is 0.381. The molecule has 26 heavy (non-hydrogen) atoms. The molecule has 4 nitrogen and oxygen atoms in total. The van der Waals surface area contributed by atoms with Gasteiger partial charge in [0.2, 0.25) is 5.91 Å². The van der Waals surface area contributed by atoms with Crippen molar-refractivity contribution in [3.8, 4) is 11.5 Å². The van der Waals surface area contributed by atoms with Crippen molar-refractivity contribution in [3.63, 3.8) is 0 Å². The quantitative estimate of drug-likeness (QED) is 0.605. The molecular weight excluding hydrogens is 346 g/mol. The summed E-state index contributed by atoms with van der Waals surface area (Å²) in [7, 11) is 0. The maximum atomic E-state index is 12.0. The van der Waals surface area contributed by atoms with Gasteiger partial charge in [-0.15, -0.1) is 11.8 Å². The fourth-order valence-corrected chi connectivity index (χ4v) is 2.90. The molecular formula is C21H27NO3S. The normalized spacial score (nSPS) is 10.4. The fourth-order valence-electron chi connectivity index (χ4n) is 2.29. The SMILES string of the molecule is CCCOc1ccc(OCCSCC(=O)Nc2cc(C)ccc2C)cc1. The third-order valence-electron chi connectivity index (χ3n) is 3.69. The van der Waals surface area contributed by atoms with Crippen LogP contribution < -0.4 is 14.8 Å². The number of aryl methyl sites for hydroxylation is 2. The Hall–Kier alpha value is -2.14. The topological polar surface area (TPSA) is 47.6 Å². The van der Waals surface area contributed by atoms with Crippen LogP contribution in [0, 0.1) is 13.8 Å². The van der Waals surface area contributed by atoms with Gasteiger partial charge in [-0.3, -0.25) is 4.79 Å². The van der Waals surface area contributed by atoms with Crippen molar-refractivity contribution < 1.29 is 14.3 Å². The van der Waals surface area contributed by atoms with Crippen LogP contribution in [0.3, 0.4) is 0 Å². The summed E-state index contributed by atoms with van der Waals surface area (Å²) in [6.45, 7) is 7.38. The van der Waals surface area contributed by atoms with Crippen molar-refractivity contribution in [2.75, 3.05) is 30.0 Å². The third kappa shape index (κ3) is 7.00. The van der Waals surface area contributed by atoms with Gasteiger partial charge in [0.1, 0.15) is 11.5 Å². The minimum atomic E-state index is 0.0149. The van der Waals surface area contributed by atoms with Crippen LogP contribution >= 0.6 is 11.8 Å². The van der Waals surface area contributed by atoms with Crippen LogP contribution in [0.5, 0.6) is 11.5 Å². The van der Waals surface area contributed by atoms with E-state index in [1.54, 1.807) is 11.8 Å². The molecule has 0 heterocycles. The molecule has 0 unspecified atom stereocenters. The number of carbonyl (C=O) groups excluding carboxylic acids is 1. The molecule has 0 fully saturated rings. The lowest BCUT2D eigenvalue weighted by atomic mass is 10.1. The second kappa shape index (κ2) is 10.8. The predicted octanol–water partition coefficient (Wildman–Crippen LogP) is 4.84. The van der Waals surface area contributed by atoms with E-state index in [4.69, 9.17) is 9.47 Å². The summed E-state index contributed by atoms with van der Waals surface area (Å²) in [6.07, 6.45) is 0.993. The van der Waals surface area contributed by atoms with Gasteiger partial charge < -0.3 is 14.8 Å². The number of nitrogens with one attached hydrogen (secondary N) is 1. The summed E-state index contributed by atoms with van der Waals surface area (Å²) in [4.78, 5) is 12.0. The highest BCUT2D eigenvalue weighted by atomic mass is 32.2. The molecule has 5 heteroatoms. The highest BCUT2D eigenvalue weighted by molar-refractivity contribution is 7.99. The average molecular weight is 374 g/mol. The molecule has 0 bridgehead atoms. The molecule has 2 aromatic rings. The zero-order chi connectivity index (χ0) is 18.8. The summed E-state index contributed by atoms with van der Waals surface area (Å²) in [5.74, 6) is 2.86. The Kier molecular flexibility index (Phi) is 8.35. The molecule has 0 spiro atoms. The van der Waals surface area contributed by atoms with Crippen LogP contribution in [0.15, 0.2) is 42.5 Å². The minimum absolute atomic E-state index is 0.0149. The van der Waals surface area contributed by atoms with Crippen LogP contribution in [0.1, 0.15) is 24.5 Å². The van der Waals surface area contributed by atoms with E-state index in [1.165, 1.54) is 0 Å². The first-order chi connectivity index (χ1) is 12.6. The number of amides is 1. The van der Waals surface area contributed by atoms with Gasteiger partial charge in [0.05, 0.1) is 19.0 Å². The monoisotopic (exact) mass is 373 g/mol. The molecule has 2 rings (SSSR count). The molecule has 2 aromatic carbocycles. The molecule has 1 amide bonds. The molecule has 0 atom stereocenters. The van der Waals surface area contributed by atoms with Gasteiger partial charge in [-0.05, 0) is 61.7 Å². The molecule has 1 N–H and O–H groups in total. The van der Waals surface area contributed by atoms with Crippen molar-refractivity contribution >= 4 is 23.4 Å². The molecule has 0 saturated carbocycles. The number of ether oxygens (including phenoxy) is 2. The second-order valence-electron chi connectivity index (χ2n) is 6.09. The average Bonchev–Trinajstić information content (AvgIpc) is 2.63. The van der Waals surface area contributed by atoms with Crippen LogP contribution in [-0.2, 0) is 4.79 Å². The van der Waals surface area contributed by atoms with Crippen LogP contribution in [-0.4, -0.2) is 30.6 Å². The van der Waals surface area contributed by atoms with Crippen LogP contribution in [0.4, 0.5) is 5.69 Å². The number of anilines is 1. The van der Waals surface area contributed by atoms with E-state index in [1.807, 2.05) is 56.3 Å². The predicted molar refractivity (Wildman–Crippen MR) is 110 cm³/mol. The van der Waals surface area contributed by atoms with Crippen molar-refractivity contribution in [1.82, 2.24) is 0 Å².